The lowest BCUT2D eigenvalue weighted by molar-refractivity contribution is 0.102. The van der Waals surface area contributed by atoms with Crippen molar-refractivity contribution in [3.63, 3.8) is 0 Å². The molecule has 1 aliphatic carbocycles. The summed E-state index contributed by atoms with van der Waals surface area (Å²) in [5, 5.41) is 2.96. The zero-order valence-corrected chi connectivity index (χ0v) is 17.2. The van der Waals surface area contributed by atoms with Gasteiger partial charge < -0.3 is 0 Å². The van der Waals surface area contributed by atoms with Crippen LogP contribution in [0, 0.1) is 11.6 Å². The number of hydrogen-bond acceptors (Lipinski definition) is 5. The molecule has 3 aromatic rings. The Kier molecular flexibility index (Phi) is 5.63. The molecule has 6 nitrogen and oxygen atoms in total. The van der Waals surface area contributed by atoms with E-state index in [2.05, 4.69) is 15.0 Å². The molecular formula is C20H17F2N3O3S2. The largest absolute Gasteiger partial charge is 0.298 e. The summed E-state index contributed by atoms with van der Waals surface area (Å²) in [4.78, 5) is 17.3. The molecule has 1 heterocycles. The Hall–Kier alpha value is -2.69. The van der Waals surface area contributed by atoms with Crippen molar-refractivity contribution in [1.29, 1.82) is 0 Å². The number of rotatable bonds is 7. The predicted molar refractivity (Wildman–Crippen MR) is 109 cm³/mol. The monoisotopic (exact) mass is 449 g/mol. The average Bonchev–Trinajstić information content (AvgIpc) is 3.40. The fraction of sp³-hybridized carbons (Fsp3) is 0.200. The van der Waals surface area contributed by atoms with Crippen molar-refractivity contribution in [2.24, 2.45) is 0 Å². The Morgan fingerprint density at radius 3 is 2.53 bits per heavy atom. The van der Waals surface area contributed by atoms with E-state index in [0.717, 1.165) is 18.9 Å². The molecule has 1 aromatic heterocycles. The first kappa shape index (κ1) is 20.6. The van der Waals surface area contributed by atoms with E-state index < -0.39 is 27.6 Å². The Morgan fingerprint density at radius 1 is 1.13 bits per heavy atom. The standard InChI is InChI=1S/C20H17F2N3O3S2/c21-14-4-1-13(18(22)10-14)9-16-11-23-20(29-16)24-19(26)12-2-7-17(8-3-12)30(27,28)25-15-5-6-15/h1-4,7-8,10-11,15,25H,5-6,9H2,(H,23,24,26). The van der Waals surface area contributed by atoms with Crippen LogP contribution in [0.5, 0.6) is 0 Å². The first-order valence-corrected chi connectivity index (χ1v) is 11.4. The van der Waals surface area contributed by atoms with E-state index in [0.29, 0.717) is 15.6 Å². The molecule has 0 unspecified atom stereocenters. The Bertz CT molecular complexity index is 1190. The van der Waals surface area contributed by atoms with Crippen molar-refractivity contribution in [3.8, 4) is 0 Å². The van der Waals surface area contributed by atoms with Crippen LogP contribution in [-0.2, 0) is 16.4 Å². The van der Waals surface area contributed by atoms with Crippen LogP contribution in [0.3, 0.4) is 0 Å². The lowest BCUT2D eigenvalue weighted by atomic mass is 10.1. The maximum atomic E-state index is 13.8. The van der Waals surface area contributed by atoms with Gasteiger partial charge in [0.2, 0.25) is 10.0 Å². The van der Waals surface area contributed by atoms with Gasteiger partial charge in [-0.25, -0.2) is 26.9 Å². The van der Waals surface area contributed by atoms with Crippen molar-refractivity contribution in [3.05, 3.63) is 76.3 Å². The SMILES string of the molecule is O=C(Nc1ncc(Cc2ccc(F)cc2F)s1)c1ccc(S(=O)(=O)NC2CC2)cc1. The molecule has 0 radical (unpaired) electrons. The molecule has 1 saturated carbocycles. The van der Waals surface area contributed by atoms with Gasteiger partial charge in [-0.15, -0.1) is 11.3 Å². The number of benzene rings is 2. The maximum Gasteiger partial charge on any atom is 0.257 e. The highest BCUT2D eigenvalue weighted by Crippen LogP contribution is 2.24. The number of hydrogen-bond donors (Lipinski definition) is 2. The summed E-state index contributed by atoms with van der Waals surface area (Å²) in [7, 11) is -3.58. The third kappa shape index (κ3) is 4.89. The molecule has 2 aromatic carbocycles. The molecule has 1 fully saturated rings. The number of amides is 1. The van der Waals surface area contributed by atoms with Crippen LogP contribution in [0.4, 0.5) is 13.9 Å². The third-order valence-electron chi connectivity index (χ3n) is 4.48. The third-order valence-corrected chi connectivity index (χ3v) is 6.93. The van der Waals surface area contributed by atoms with Gasteiger partial charge in [0.05, 0.1) is 4.90 Å². The van der Waals surface area contributed by atoms with Crippen LogP contribution in [0.2, 0.25) is 0 Å². The molecule has 4 rings (SSSR count). The van der Waals surface area contributed by atoms with E-state index >= 15 is 0 Å². The summed E-state index contributed by atoms with van der Waals surface area (Å²) in [5.41, 5.74) is 0.608. The number of anilines is 1. The van der Waals surface area contributed by atoms with Crippen LogP contribution in [0.1, 0.15) is 33.6 Å². The summed E-state index contributed by atoms with van der Waals surface area (Å²) in [6.45, 7) is 0. The molecule has 2 N–H and O–H groups in total. The van der Waals surface area contributed by atoms with Crippen molar-refractivity contribution >= 4 is 32.4 Å². The Labute approximate surface area is 176 Å². The zero-order chi connectivity index (χ0) is 21.3. The number of sulfonamides is 1. The molecule has 0 saturated heterocycles. The van der Waals surface area contributed by atoms with Gasteiger partial charge in [-0.3, -0.25) is 10.1 Å². The van der Waals surface area contributed by atoms with Gasteiger partial charge in [0.25, 0.3) is 5.91 Å². The van der Waals surface area contributed by atoms with Crippen LogP contribution in [-0.4, -0.2) is 25.4 Å². The number of thiazole rings is 1. The molecule has 1 amide bonds. The van der Waals surface area contributed by atoms with Crippen LogP contribution >= 0.6 is 11.3 Å². The molecule has 30 heavy (non-hydrogen) atoms. The van der Waals surface area contributed by atoms with Crippen molar-refractivity contribution in [2.45, 2.75) is 30.2 Å². The molecular weight excluding hydrogens is 432 g/mol. The van der Waals surface area contributed by atoms with Crippen molar-refractivity contribution < 1.29 is 22.0 Å². The molecule has 0 atom stereocenters. The molecule has 0 spiro atoms. The molecule has 156 valence electrons. The highest BCUT2D eigenvalue weighted by atomic mass is 32.2. The summed E-state index contributed by atoms with van der Waals surface area (Å²) in [6.07, 6.45) is 3.41. The van der Waals surface area contributed by atoms with E-state index in [1.807, 2.05) is 0 Å². The van der Waals surface area contributed by atoms with E-state index in [1.165, 1.54) is 53.9 Å². The van der Waals surface area contributed by atoms with Crippen LogP contribution < -0.4 is 10.0 Å². The normalized spacial score (nSPS) is 13.9. The second-order valence-corrected chi connectivity index (χ2v) is 9.75. The number of nitrogens with one attached hydrogen (secondary N) is 2. The Balaban J connectivity index is 1.40. The molecule has 1 aliphatic rings. The lowest BCUT2D eigenvalue weighted by Crippen LogP contribution is -2.25. The quantitative estimate of drug-likeness (QED) is 0.576. The van der Waals surface area contributed by atoms with E-state index in [4.69, 9.17) is 0 Å². The van der Waals surface area contributed by atoms with E-state index in [9.17, 15) is 22.0 Å². The highest BCUT2D eigenvalue weighted by Gasteiger charge is 2.28. The number of carbonyl (C=O) groups is 1. The minimum atomic E-state index is -3.58. The summed E-state index contributed by atoms with van der Waals surface area (Å²) in [5.74, 6) is -1.72. The van der Waals surface area contributed by atoms with Crippen LogP contribution in [0.25, 0.3) is 0 Å². The van der Waals surface area contributed by atoms with Crippen molar-refractivity contribution in [1.82, 2.24) is 9.71 Å². The fourth-order valence-electron chi connectivity index (χ4n) is 2.74. The van der Waals surface area contributed by atoms with E-state index in [1.54, 1.807) is 0 Å². The summed E-state index contributed by atoms with van der Waals surface area (Å²) < 4.78 is 53.7. The van der Waals surface area contributed by atoms with Crippen molar-refractivity contribution in [2.75, 3.05) is 5.32 Å². The number of carbonyl (C=O) groups excluding carboxylic acids is 1. The van der Waals surface area contributed by atoms with Crippen LogP contribution in [0.15, 0.2) is 53.6 Å². The second kappa shape index (κ2) is 8.21. The number of halogens is 2. The van der Waals surface area contributed by atoms with Gasteiger partial charge in [-0.05, 0) is 48.7 Å². The first-order chi connectivity index (χ1) is 14.3. The van der Waals surface area contributed by atoms with Gasteiger partial charge in [-0.1, -0.05) is 6.07 Å². The van der Waals surface area contributed by atoms with Gasteiger partial charge in [-0.2, -0.15) is 0 Å². The topological polar surface area (TPSA) is 88.2 Å². The van der Waals surface area contributed by atoms with Gasteiger partial charge in [0, 0.05) is 35.2 Å². The minimum absolute atomic E-state index is 0.000424. The van der Waals surface area contributed by atoms with Gasteiger partial charge in [0.15, 0.2) is 5.13 Å². The van der Waals surface area contributed by atoms with Gasteiger partial charge in [0.1, 0.15) is 11.6 Å². The second-order valence-electron chi connectivity index (χ2n) is 6.92. The number of nitrogens with zero attached hydrogens (tertiary/aromatic N) is 1. The zero-order valence-electron chi connectivity index (χ0n) is 15.6. The maximum absolute atomic E-state index is 13.8. The molecule has 10 heteroatoms. The first-order valence-electron chi connectivity index (χ1n) is 9.12. The fourth-order valence-corrected chi connectivity index (χ4v) is 4.88. The number of aromatic nitrogens is 1. The van der Waals surface area contributed by atoms with E-state index in [-0.39, 0.29) is 22.9 Å². The average molecular weight is 450 g/mol. The predicted octanol–water partition coefficient (Wildman–Crippen LogP) is 3.71. The lowest BCUT2D eigenvalue weighted by Gasteiger charge is -2.06. The highest BCUT2D eigenvalue weighted by molar-refractivity contribution is 7.89. The summed E-state index contributed by atoms with van der Waals surface area (Å²) >= 11 is 1.18. The Morgan fingerprint density at radius 2 is 1.87 bits per heavy atom. The van der Waals surface area contributed by atoms with Gasteiger partial charge >= 0.3 is 0 Å². The summed E-state index contributed by atoms with van der Waals surface area (Å²) in [6, 6.07) is 9.00. The smallest absolute Gasteiger partial charge is 0.257 e. The molecule has 0 aliphatic heterocycles. The molecule has 0 bridgehead atoms. The minimum Gasteiger partial charge on any atom is -0.298 e.